The van der Waals surface area contributed by atoms with E-state index in [0.29, 0.717) is 27.4 Å². The zero-order chi connectivity index (χ0) is 15.0. The molecule has 0 fully saturated rings. The Balaban J connectivity index is 2.15. The average molecular weight is 305 g/mol. The van der Waals surface area contributed by atoms with Crippen LogP contribution in [0.1, 0.15) is 10.5 Å². The summed E-state index contributed by atoms with van der Waals surface area (Å²) in [6.07, 6.45) is 0. The molecular formula is C14H9ClN2O4. The fourth-order valence-electron chi connectivity index (χ4n) is 1.96. The Labute approximate surface area is 123 Å². The molecule has 0 unspecified atom stereocenters. The normalized spacial score (nSPS) is 10.8. The summed E-state index contributed by atoms with van der Waals surface area (Å²) in [5.41, 5.74) is 1.05. The minimum atomic E-state index is -1.16. The monoisotopic (exact) mass is 304 g/mol. The van der Waals surface area contributed by atoms with Crippen molar-refractivity contribution in [1.82, 2.24) is 10.1 Å². The van der Waals surface area contributed by atoms with Gasteiger partial charge in [0.15, 0.2) is 11.5 Å². The molecule has 0 atom stereocenters. The zero-order valence-electron chi connectivity index (χ0n) is 10.8. The van der Waals surface area contributed by atoms with Gasteiger partial charge in [-0.15, -0.1) is 0 Å². The van der Waals surface area contributed by atoms with Crippen LogP contribution in [-0.4, -0.2) is 28.3 Å². The van der Waals surface area contributed by atoms with Crippen molar-refractivity contribution in [2.75, 3.05) is 7.11 Å². The van der Waals surface area contributed by atoms with Crippen LogP contribution in [0.5, 0.6) is 5.88 Å². The maximum Gasteiger partial charge on any atom is 0.358 e. The summed E-state index contributed by atoms with van der Waals surface area (Å²) >= 11 is 6.34. The highest BCUT2D eigenvalue weighted by molar-refractivity contribution is 6.38. The van der Waals surface area contributed by atoms with E-state index in [-0.39, 0.29) is 11.5 Å². The third-order valence-corrected chi connectivity index (χ3v) is 3.39. The van der Waals surface area contributed by atoms with Crippen LogP contribution in [0.2, 0.25) is 5.02 Å². The predicted octanol–water partition coefficient (Wildman–Crippen LogP) is 3.25. The summed E-state index contributed by atoms with van der Waals surface area (Å²) < 4.78 is 10.1. The number of halogens is 1. The highest BCUT2D eigenvalue weighted by atomic mass is 35.5. The number of carbonyl (C=O) groups is 1. The average Bonchev–Trinajstić information content (AvgIpc) is 2.97. The molecule has 7 heteroatoms. The fourth-order valence-corrected chi connectivity index (χ4v) is 2.27. The number of hydrogen-bond donors (Lipinski definition) is 1. The number of aromatic nitrogens is 2. The third kappa shape index (κ3) is 2.30. The highest BCUT2D eigenvalue weighted by Crippen LogP contribution is 2.34. The number of carboxylic acid groups (broad SMARTS) is 1. The quantitative estimate of drug-likeness (QED) is 0.799. The lowest BCUT2D eigenvalue weighted by atomic mass is 10.1. The molecule has 6 nitrogen and oxygen atoms in total. The highest BCUT2D eigenvalue weighted by Gasteiger charge is 2.16. The maximum atomic E-state index is 10.8. The maximum absolute atomic E-state index is 10.8. The minimum absolute atomic E-state index is 0.172. The van der Waals surface area contributed by atoms with Gasteiger partial charge in [0.05, 0.1) is 17.6 Å². The van der Waals surface area contributed by atoms with E-state index in [1.165, 1.54) is 13.2 Å². The van der Waals surface area contributed by atoms with Crippen LogP contribution < -0.4 is 4.74 Å². The minimum Gasteiger partial charge on any atom is -0.481 e. The van der Waals surface area contributed by atoms with Gasteiger partial charge in [0.25, 0.3) is 0 Å². The first-order valence-electron chi connectivity index (χ1n) is 5.94. The number of pyridine rings is 1. The summed E-state index contributed by atoms with van der Waals surface area (Å²) in [4.78, 5) is 15.1. The Kier molecular flexibility index (Phi) is 3.23. The molecule has 2 heterocycles. The van der Waals surface area contributed by atoms with Crippen molar-refractivity contribution < 1.29 is 19.2 Å². The van der Waals surface area contributed by atoms with E-state index in [0.717, 1.165) is 0 Å². The van der Waals surface area contributed by atoms with Crippen molar-refractivity contribution >= 4 is 28.5 Å². The number of nitrogens with zero attached hydrogens (tertiary/aromatic N) is 2. The van der Waals surface area contributed by atoms with E-state index in [9.17, 15) is 4.79 Å². The van der Waals surface area contributed by atoms with E-state index in [4.69, 9.17) is 26.0 Å². The van der Waals surface area contributed by atoms with Crippen molar-refractivity contribution in [1.29, 1.82) is 0 Å². The van der Waals surface area contributed by atoms with Crippen molar-refractivity contribution in [3.63, 3.8) is 0 Å². The number of hydrogen-bond acceptors (Lipinski definition) is 5. The summed E-state index contributed by atoms with van der Waals surface area (Å²) in [5.74, 6) is -0.387. The molecule has 0 bridgehead atoms. The smallest absolute Gasteiger partial charge is 0.358 e. The van der Waals surface area contributed by atoms with Crippen molar-refractivity contribution in [2.45, 2.75) is 0 Å². The molecule has 0 saturated carbocycles. The lowest BCUT2D eigenvalue weighted by molar-refractivity contribution is 0.0686. The summed E-state index contributed by atoms with van der Waals surface area (Å²) in [6.45, 7) is 0. The van der Waals surface area contributed by atoms with E-state index >= 15 is 0 Å². The second kappa shape index (κ2) is 5.06. The molecule has 0 aliphatic carbocycles. The first kappa shape index (κ1) is 13.4. The van der Waals surface area contributed by atoms with E-state index < -0.39 is 5.97 Å². The van der Waals surface area contributed by atoms with Crippen LogP contribution in [0.3, 0.4) is 0 Å². The summed E-state index contributed by atoms with van der Waals surface area (Å²) in [7, 11) is 1.53. The van der Waals surface area contributed by atoms with Gasteiger partial charge in [-0.25, -0.2) is 9.78 Å². The molecule has 1 N–H and O–H groups in total. The van der Waals surface area contributed by atoms with Crippen LogP contribution in [0, 0.1) is 0 Å². The van der Waals surface area contributed by atoms with Gasteiger partial charge in [0, 0.05) is 23.1 Å². The van der Waals surface area contributed by atoms with E-state index in [1.807, 2.05) is 0 Å². The van der Waals surface area contributed by atoms with Gasteiger partial charge in [-0.1, -0.05) is 16.8 Å². The van der Waals surface area contributed by atoms with Crippen molar-refractivity contribution in [2.24, 2.45) is 0 Å². The van der Waals surface area contributed by atoms with Gasteiger partial charge in [0.1, 0.15) is 0 Å². The van der Waals surface area contributed by atoms with E-state index in [1.54, 1.807) is 24.3 Å². The van der Waals surface area contributed by atoms with Gasteiger partial charge >= 0.3 is 5.97 Å². The Hall–Kier alpha value is -2.60. The molecule has 0 aliphatic heterocycles. The molecule has 0 spiro atoms. The fraction of sp³-hybridized carbons (Fsp3) is 0.0714. The molecule has 1 aromatic carbocycles. The number of aromatic carboxylic acids is 1. The SMILES string of the molecule is COc1ccc2c(Cl)c(-c3cc(C(=O)O)no3)ccc2n1. The topological polar surface area (TPSA) is 85.5 Å². The van der Waals surface area contributed by atoms with Crippen LogP contribution in [0.4, 0.5) is 0 Å². The van der Waals surface area contributed by atoms with Crippen molar-refractivity contribution in [3.8, 4) is 17.2 Å². The zero-order valence-corrected chi connectivity index (χ0v) is 11.6. The Morgan fingerprint density at radius 3 is 2.81 bits per heavy atom. The molecule has 0 radical (unpaired) electrons. The lowest BCUT2D eigenvalue weighted by Crippen LogP contribution is -1.94. The number of carboxylic acids is 1. The number of rotatable bonds is 3. The Bertz CT molecular complexity index is 844. The molecule has 3 aromatic rings. The van der Waals surface area contributed by atoms with Gasteiger partial charge in [0.2, 0.25) is 5.88 Å². The number of ether oxygens (including phenoxy) is 1. The molecular weight excluding hydrogens is 296 g/mol. The summed E-state index contributed by atoms with van der Waals surface area (Å²) in [6, 6.07) is 8.25. The molecule has 106 valence electrons. The molecule has 3 rings (SSSR count). The molecule has 0 amide bonds. The lowest BCUT2D eigenvalue weighted by Gasteiger charge is -2.06. The molecule has 2 aromatic heterocycles. The number of fused-ring (bicyclic) bond motifs is 1. The first-order valence-corrected chi connectivity index (χ1v) is 6.31. The molecule has 21 heavy (non-hydrogen) atoms. The first-order chi connectivity index (χ1) is 10.1. The second-order valence-electron chi connectivity index (χ2n) is 4.23. The van der Waals surface area contributed by atoms with Crippen LogP contribution in [-0.2, 0) is 0 Å². The van der Waals surface area contributed by atoms with Gasteiger partial charge in [-0.2, -0.15) is 0 Å². The van der Waals surface area contributed by atoms with Gasteiger partial charge in [-0.3, -0.25) is 0 Å². The largest absolute Gasteiger partial charge is 0.481 e. The Morgan fingerprint density at radius 1 is 1.33 bits per heavy atom. The van der Waals surface area contributed by atoms with Gasteiger partial charge in [-0.05, 0) is 18.2 Å². The standard InChI is InChI=1S/C14H9ClN2O4/c1-20-12-5-3-7-9(16-12)4-2-8(13(7)15)11-6-10(14(18)19)17-21-11/h2-6H,1H3,(H,18,19). The van der Waals surface area contributed by atoms with Crippen LogP contribution in [0.25, 0.3) is 22.2 Å². The third-order valence-electron chi connectivity index (χ3n) is 2.98. The van der Waals surface area contributed by atoms with Crippen LogP contribution >= 0.6 is 11.6 Å². The number of methoxy groups -OCH3 is 1. The molecule has 0 aliphatic rings. The van der Waals surface area contributed by atoms with Gasteiger partial charge < -0.3 is 14.4 Å². The number of benzene rings is 1. The predicted molar refractivity (Wildman–Crippen MR) is 75.8 cm³/mol. The Morgan fingerprint density at radius 2 is 2.14 bits per heavy atom. The van der Waals surface area contributed by atoms with Crippen molar-refractivity contribution in [3.05, 3.63) is 41.0 Å². The van der Waals surface area contributed by atoms with Crippen LogP contribution in [0.15, 0.2) is 34.9 Å². The second-order valence-corrected chi connectivity index (χ2v) is 4.61. The van der Waals surface area contributed by atoms with E-state index in [2.05, 4.69) is 10.1 Å². The molecule has 0 saturated heterocycles. The summed E-state index contributed by atoms with van der Waals surface area (Å²) in [5, 5.41) is 13.5.